The summed E-state index contributed by atoms with van der Waals surface area (Å²) in [6.45, 7) is -0.240. The van der Waals surface area contributed by atoms with Gasteiger partial charge in [-0.1, -0.05) is 30.3 Å². The molecule has 0 amide bonds. The van der Waals surface area contributed by atoms with Crippen LogP contribution in [0.1, 0.15) is 5.56 Å². The third kappa shape index (κ3) is 2.86. The molecule has 6 heteroatoms. The highest BCUT2D eigenvalue weighted by molar-refractivity contribution is 5.73. The highest BCUT2D eigenvalue weighted by Crippen LogP contribution is 2.25. The van der Waals surface area contributed by atoms with Crippen LogP contribution in [0.4, 0.5) is 8.78 Å². The van der Waals surface area contributed by atoms with Gasteiger partial charge in [0.1, 0.15) is 11.6 Å². The third-order valence-electron chi connectivity index (χ3n) is 4.21. The average molecular weight is 349 g/mol. The zero-order valence-corrected chi connectivity index (χ0v) is 13.6. The summed E-state index contributed by atoms with van der Waals surface area (Å²) in [7, 11) is 0. The summed E-state index contributed by atoms with van der Waals surface area (Å²) < 4.78 is 30.5. The van der Waals surface area contributed by atoms with Gasteiger partial charge >= 0.3 is 0 Å². The minimum atomic E-state index is -0.704. The molecule has 0 bridgehead atoms. The Kier molecular flexibility index (Phi) is 4.01. The van der Waals surface area contributed by atoms with Crippen molar-refractivity contribution in [3.63, 3.8) is 0 Å². The number of benzene rings is 2. The summed E-state index contributed by atoms with van der Waals surface area (Å²) in [6.07, 6.45) is 4.13. The Morgan fingerprint density at radius 3 is 2.38 bits per heavy atom. The molecule has 2 aromatic carbocycles. The number of fused-ring (bicyclic) bond motifs is 1. The number of halogens is 2. The Hall–Kier alpha value is -3.41. The fourth-order valence-corrected chi connectivity index (χ4v) is 2.88. The second-order valence-electron chi connectivity index (χ2n) is 5.83. The minimum absolute atomic E-state index is 0.178. The maximum absolute atomic E-state index is 14.6. The Balaban J connectivity index is 1.81. The molecule has 0 unspecified atom stereocenters. The molecule has 26 heavy (non-hydrogen) atoms. The molecular formula is C20H13F2N3O. The predicted molar refractivity (Wildman–Crippen MR) is 94.7 cm³/mol. The number of hydrogen-bond acceptors (Lipinski definition) is 3. The second kappa shape index (κ2) is 6.48. The first-order valence-corrected chi connectivity index (χ1v) is 7.96. The van der Waals surface area contributed by atoms with E-state index in [0.29, 0.717) is 22.2 Å². The lowest BCUT2D eigenvalue weighted by Gasteiger charge is -2.12. The minimum Gasteiger partial charge on any atom is -0.299 e. The first-order chi connectivity index (χ1) is 12.6. The monoisotopic (exact) mass is 349 g/mol. The summed E-state index contributed by atoms with van der Waals surface area (Å²) in [5.74, 6) is -1.41. The quantitative estimate of drug-likeness (QED) is 0.565. The van der Waals surface area contributed by atoms with E-state index in [0.717, 1.165) is 6.20 Å². The van der Waals surface area contributed by atoms with Gasteiger partial charge in [-0.3, -0.25) is 14.3 Å². The van der Waals surface area contributed by atoms with E-state index in [2.05, 4.69) is 9.97 Å². The molecule has 128 valence electrons. The summed E-state index contributed by atoms with van der Waals surface area (Å²) in [5.41, 5.74) is 1.48. The molecular weight excluding hydrogens is 336 g/mol. The van der Waals surface area contributed by atoms with Gasteiger partial charge in [0.15, 0.2) is 0 Å². The first-order valence-electron chi connectivity index (χ1n) is 7.96. The molecule has 4 nitrogen and oxygen atoms in total. The fraction of sp³-hybridized carbons (Fsp3) is 0.0500. The van der Waals surface area contributed by atoms with Gasteiger partial charge < -0.3 is 0 Å². The van der Waals surface area contributed by atoms with Gasteiger partial charge in [0.2, 0.25) is 0 Å². The molecule has 0 aliphatic rings. The van der Waals surface area contributed by atoms with Crippen LogP contribution in [-0.2, 0) is 6.54 Å². The van der Waals surface area contributed by atoms with E-state index >= 15 is 0 Å². The molecule has 2 aromatic heterocycles. The molecule has 0 radical (unpaired) electrons. The van der Waals surface area contributed by atoms with Crippen LogP contribution in [-0.4, -0.2) is 14.5 Å². The van der Waals surface area contributed by atoms with Crippen molar-refractivity contribution >= 4 is 11.0 Å². The van der Waals surface area contributed by atoms with Crippen molar-refractivity contribution in [3.8, 4) is 11.1 Å². The van der Waals surface area contributed by atoms with Crippen LogP contribution in [0.3, 0.4) is 0 Å². The molecule has 0 aliphatic heterocycles. The third-order valence-corrected chi connectivity index (χ3v) is 4.21. The van der Waals surface area contributed by atoms with E-state index in [1.165, 1.54) is 22.9 Å². The largest absolute Gasteiger partial charge is 0.299 e. The smallest absolute Gasteiger partial charge is 0.269 e. The van der Waals surface area contributed by atoms with Crippen LogP contribution >= 0.6 is 0 Å². The van der Waals surface area contributed by atoms with Gasteiger partial charge in [0.05, 0.1) is 30.0 Å². The first kappa shape index (κ1) is 16.1. The van der Waals surface area contributed by atoms with Gasteiger partial charge in [-0.15, -0.1) is 0 Å². The van der Waals surface area contributed by atoms with Crippen molar-refractivity contribution in [3.05, 3.63) is 94.7 Å². The summed E-state index contributed by atoms with van der Waals surface area (Å²) in [5, 5.41) is 0. The van der Waals surface area contributed by atoms with Crippen LogP contribution in [0.15, 0.2) is 71.9 Å². The second-order valence-corrected chi connectivity index (χ2v) is 5.83. The molecule has 2 heterocycles. The van der Waals surface area contributed by atoms with Crippen LogP contribution in [0.2, 0.25) is 0 Å². The number of pyridine rings is 1. The highest BCUT2D eigenvalue weighted by atomic mass is 19.1. The van der Waals surface area contributed by atoms with Crippen molar-refractivity contribution in [2.24, 2.45) is 0 Å². The molecule has 0 fully saturated rings. The van der Waals surface area contributed by atoms with Gasteiger partial charge in [0, 0.05) is 11.8 Å². The Bertz CT molecular complexity index is 1130. The van der Waals surface area contributed by atoms with Crippen LogP contribution in [0.25, 0.3) is 22.2 Å². The van der Waals surface area contributed by atoms with E-state index in [1.807, 2.05) is 6.07 Å². The maximum Gasteiger partial charge on any atom is 0.269 e. The van der Waals surface area contributed by atoms with Gasteiger partial charge in [-0.2, -0.15) is 0 Å². The Morgan fingerprint density at radius 1 is 0.923 bits per heavy atom. The molecule has 0 aliphatic carbocycles. The van der Waals surface area contributed by atoms with Crippen LogP contribution in [0, 0.1) is 11.6 Å². The predicted octanol–water partition coefficient (Wildman–Crippen LogP) is 3.79. The molecule has 0 atom stereocenters. The lowest BCUT2D eigenvalue weighted by molar-refractivity contribution is 0.545. The zero-order valence-electron chi connectivity index (χ0n) is 13.6. The zero-order chi connectivity index (χ0) is 18.1. The van der Waals surface area contributed by atoms with Crippen LogP contribution < -0.4 is 5.56 Å². The van der Waals surface area contributed by atoms with Crippen LogP contribution in [0.5, 0.6) is 0 Å². The molecule has 0 saturated carbocycles. The Labute approximate surface area is 147 Å². The van der Waals surface area contributed by atoms with Crippen molar-refractivity contribution in [2.75, 3.05) is 0 Å². The number of aromatic nitrogens is 3. The average Bonchev–Trinajstić information content (AvgIpc) is 2.66. The molecule has 0 saturated heterocycles. The van der Waals surface area contributed by atoms with Crippen molar-refractivity contribution in [1.29, 1.82) is 0 Å². The SMILES string of the molecule is O=c1cnc2ccncc2n1Cc1c(F)cc(-c2ccccc2)cc1F. The Morgan fingerprint density at radius 2 is 1.65 bits per heavy atom. The molecule has 4 rings (SSSR count). The molecule has 4 aromatic rings. The summed E-state index contributed by atoms with van der Waals surface area (Å²) in [4.78, 5) is 20.2. The van der Waals surface area contributed by atoms with E-state index in [1.54, 1.807) is 36.5 Å². The summed E-state index contributed by atoms with van der Waals surface area (Å²) in [6, 6.07) is 13.2. The maximum atomic E-state index is 14.6. The fourth-order valence-electron chi connectivity index (χ4n) is 2.88. The van der Waals surface area contributed by atoms with Crippen molar-refractivity contribution in [2.45, 2.75) is 6.54 Å². The lowest BCUT2D eigenvalue weighted by atomic mass is 10.0. The topological polar surface area (TPSA) is 47.8 Å². The van der Waals surface area contributed by atoms with Gasteiger partial charge in [-0.25, -0.2) is 13.8 Å². The number of hydrogen-bond donors (Lipinski definition) is 0. The van der Waals surface area contributed by atoms with Crippen molar-refractivity contribution < 1.29 is 8.78 Å². The van der Waals surface area contributed by atoms with Gasteiger partial charge in [-0.05, 0) is 29.3 Å². The van der Waals surface area contributed by atoms with Crippen molar-refractivity contribution in [1.82, 2.24) is 14.5 Å². The van der Waals surface area contributed by atoms with E-state index in [4.69, 9.17) is 0 Å². The van der Waals surface area contributed by atoms with Gasteiger partial charge in [0.25, 0.3) is 5.56 Å². The standard InChI is InChI=1S/C20H13F2N3O/c21-16-8-14(13-4-2-1-3-5-13)9-17(22)15(16)12-25-19-10-23-7-6-18(19)24-11-20(25)26/h1-11H,12H2. The number of rotatable bonds is 3. The normalized spacial score (nSPS) is 11.0. The van der Waals surface area contributed by atoms with E-state index < -0.39 is 17.2 Å². The molecule has 0 spiro atoms. The highest BCUT2D eigenvalue weighted by Gasteiger charge is 2.15. The number of nitrogens with zero attached hydrogens (tertiary/aromatic N) is 3. The summed E-state index contributed by atoms with van der Waals surface area (Å²) >= 11 is 0. The van der Waals surface area contributed by atoms with E-state index in [-0.39, 0.29) is 12.1 Å². The lowest BCUT2D eigenvalue weighted by Crippen LogP contribution is -2.22. The van der Waals surface area contributed by atoms with E-state index in [9.17, 15) is 13.6 Å². The molecule has 0 N–H and O–H groups in total.